The van der Waals surface area contributed by atoms with Crippen molar-refractivity contribution in [2.45, 2.75) is 0 Å². The molecule has 0 unspecified atom stereocenters. The molecule has 0 radical (unpaired) electrons. The smallest absolute Gasteiger partial charge is 0.137 e. The van der Waals surface area contributed by atoms with Crippen LogP contribution in [0.15, 0.2) is 199 Å². The zero-order valence-corrected chi connectivity index (χ0v) is 28.8. The van der Waals surface area contributed by atoms with Gasteiger partial charge in [0, 0.05) is 49.9 Å². The van der Waals surface area contributed by atoms with E-state index in [1.165, 1.54) is 32.3 Å². The molecule has 248 valence electrons. The van der Waals surface area contributed by atoms with Gasteiger partial charge in [-0.1, -0.05) is 127 Å². The molecule has 3 nitrogen and oxygen atoms in total. The minimum absolute atomic E-state index is 0.891. The molecule has 0 spiro atoms. The van der Waals surface area contributed by atoms with Gasteiger partial charge in [-0.05, 0) is 82.4 Å². The molecule has 53 heavy (non-hydrogen) atoms. The van der Waals surface area contributed by atoms with Gasteiger partial charge in [0.2, 0.25) is 0 Å². The van der Waals surface area contributed by atoms with Crippen LogP contribution in [-0.4, -0.2) is 4.57 Å². The van der Waals surface area contributed by atoms with Crippen LogP contribution in [0.1, 0.15) is 0 Å². The van der Waals surface area contributed by atoms with Crippen LogP contribution in [0.5, 0.6) is 0 Å². The van der Waals surface area contributed by atoms with Gasteiger partial charge < -0.3 is 13.9 Å². The van der Waals surface area contributed by atoms with Crippen molar-refractivity contribution in [1.82, 2.24) is 4.57 Å². The van der Waals surface area contributed by atoms with Crippen LogP contribution < -0.4 is 4.90 Å². The molecule has 0 atom stereocenters. The first-order valence-corrected chi connectivity index (χ1v) is 18.1. The van der Waals surface area contributed by atoms with Crippen LogP contribution in [0.2, 0.25) is 0 Å². The predicted molar refractivity (Wildman–Crippen MR) is 223 cm³/mol. The van der Waals surface area contributed by atoms with Crippen molar-refractivity contribution >= 4 is 82.4 Å². The van der Waals surface area contributed by atoms with E-state index >= 15 is 0 Å². The first-order valence-electron chi connectivity index (χ1n) is 18.1. The molecule has 2 aromatic heterocycles. The van der Waals surface area contributed by atoms with E-state index in [4.69, 9.17) is 4.42 Å². The summed E-state index contributed by atoms with van der Waals surface area (Å²) in [4.78, 5) is 2.43. The Kier molecular flexibility index (Phi) is 6.55. The number of aromatic nitrogens is 1. The van der Waals surface area contributed by atoms with Gasteiger partial charge in [0.1, 0.15) is 11.2 Å². The third kappa shape index (κ3) is 4.68. The van der Waals surface area contributed by atoms with Gasteiger partial charge in [0.05, 0.1) is 22.4 Å². The maximum absolute atomic E-state index is 6.33. The normalized spacial score (nSPS) is 11.8. The lowest BCUT2D eigenvalue weighted by Gasteiger charge is -2.29. The highest BCUT2D eigenvalue weighted by Gasteiger charge is 2.21. The summed E-state index contributed by atoms with van der Waals surface area (Å²) in [6, 6.07) is 69.9. The summed E-state index contributed by atoms with van der Waals surface area (Å²) >= 11 is 0. The second-order valence-electron chi connectivity index (χ2n) is 13.7. The molecule has 0 saturated carbocycles. The number of anilines is 3. The van der Waals surface area contributed by atoms with E-state index < -0.39 is 0 Å². The minimum atomic E-state index is 0.891. The number of hydrogen-bond donors (Lipinski definition) is 0. The average Bonchev–Trinajstić information content (AvgIpc) is 3.76. The lowest BCUT2D eigenvalue weighted by Crippen LogP contribution is -2.11. The predicted octanol–water partition coefficient (Wildman–Crippen LogP) is 14.1. The second kappa shape index (κ2) is 11.7. The Labute approximate surface area is 306 Å². The summed E-state index contributed by atoms with van der Waals surface area (Å²) in [7, 11) is 0. The number of fused-ring (bicyclic) bond motifs is 8. The van der Waals surface area contributed by atoms with Gasteiger partial charge in [-0.2, -0.15) is 0 Å². The standard InChI is InChI=1S/C50H32N2O/c1-2-14-35-30-37(26-24-33(35)12-1)51(46-22-11-15-34-13-3-4-16-39(34)46)45-20-8-5-17-40(45)36-25-29-48-44(31-36)41-18-6-9-21-47(41)52(48)38-27-28-43-42-19-7-10-23-49(42)53-50(43)32-38/h1-32H. The molecule has 2 heterocycles. The summed E-state index contributed by atoms with van der Waals surface area (Å²) in [6.45, 7) is 0. The van der Waals surface area contributed by atoms with Crippen LogP contribution in [0, 0.1) is 0 Å². The fourth-order valence-corrected chi connectivity index (χ4v) is 8.31. The molecule has 11 aromatic rings. The largest absolute Gasteiger partial charge is 0.456 e. The van der Waals surface area contributed by atoms with Crippen LogP contribution >= 0.6 is 0 Å². The first kappa shape index (κ1) is 29.6. The summed E-state index contributed by atoms with van der Waals surface area (Å²) in [5, 5.41) is 9.55. The number of para-hydroxylation sites is 3. The average molecular weight is 677 g/mol. The molecule has 3 heteroatoms. The van der Waals surface area contributed by atoms with E-state index in [9.17, 15) is 0 Å². The summed E-state index contributed by atoms with van der Waals surface area (Å²) in [5.41, 5.74) is 10.9. The van der Waals surface area contributed by atoms with Crippen molar-refractivity contribution in [3.05, 3.63) is 194 Å². The van der Waals surface area contributed by atoms with Gasteiger partial charge in [-0.15, -0.1) is 0 Å². The zero-order chi connectivity index (χ0) is 34.9. The molecule has 0 aliphatic heterocycles. The summed E-state index contributed by atoms with van der Waals surface area (Å²) in [5.74, 6) is 0. The Bertz CT molecular complexity index is 3200. The molecule has 11 rings (SSSR count). The maximum Gasteiger partial charge on any atom is 0.137 e. The monoisotopic (exact) mass is 676 g/mol. The highest BCUT2D eigenvalue weighted by atomic mass is 16.3. The third-order valence-corrected chi connectivity index (χ3v) is 10.7. The van der Waals surface area contributed by atoms with Crippen molar-refractivity contribution in [2.24, 2.45) is 0 Å². The van der Waals surface area contributed by atoms with Crippen LogP contribution in [0.3, 0.4) is 0 Å². The van der Waals surface area contributed by atoms with Gasteiger partial charge in [0.15, 0.2) is 0 Å². The van der Waals surface area contributed by atoms with Gasteiger partial charge in [0.25, 0.3) is 0 Å². The van der Waals surface area contributed by atoms with Gasteiger partial charge in [-0.25, -0.2) is 0 Å². The fraction of sp³-hybridized carbons (Fsp3) is 0. The molecule has 0 aliphatic carbocycles. The van der Waals surface area contributed by atoms with E-state index in [0.29, 0.717) is 0 Å². The number of furan rings is 1. The zero-order valence-electron chi connectivity index (χ0n) is 28.8. The Morgan fingerprint density at radius 3 is 1.98 bits per heavy atom. The van der Waals surface area contributed by atoms with Crippen molar-refractivity contribution in [3.8, 4) is 16.8 Å². The van der Waals surface area contributed by atoms with Gasteiger partial charge >= 0.3 is 0 Å². The molecule has 9 aromatic carbocycles. The Morgan fingerprint density at radius 1 is 0.377 bits per heavy atom. The molecular weight excluding hydrogens is 645 g/mol. The molecule has 0 bridgehead atoms. The quantitative estimate of drug-likeness (QED) is 0.181. The number of hydrogen-bond acceptors (Lipinski definition) is 2. The van der Waals surface area contributed by atoms with Crippen molar-refractivity contribution in [2.75, 3.05) is 4.90 Å². The fourth-order valence-electron chi connectivity index (χ4n) is 8.31. The van der Waals surface area contributed by atoms with E-state index in [0.717, 1.165) is 66.8 Å². The maximum atomic E-state index is 6.33. The molecule has 0 amide bonds. The Balaban J connectivity index is 1.12. The molecule has 0 N–H and O–H groups in total. The van der Waals surface area contributed by atoms with Gasteiger partial charge in [-0.3, -0.25) is 0 Å². The van der Waals surface area contributed by atoms with E-state index in [2.05, 4.69) is 191 Å². The molecule has 0 aliphatic rings. The Hall–Kier alpha value is -7.10. The van der Waals surface area contributed by atoms with Crippen LogP contribution in [-0.2, 0) is 0 Å². The topological polar surface area (TPSA) is 21.3 Å². The number of nitrogens with zero attached hydrogens (tertiary/aromatic N) is 2. The van der Waals surface area contributed by atoms with Crippen LogP contribution in [0.4, 0.5) is 17.1 Å². The third-order valence-electron chi connectivity index (χ3n) is 10.7. The lowest BCUT2D eigenvalue weighted by molar-refractivity contribution is 0.668. The molecular formula is C50H32N2O. The van der Waals surface area contributed by atoms with E-state index in [-0.39, 0.29) is 0 Å². The SMILES string of the molecule is c1ccc(N(c2ccc3ccccc3c2)c2cccc3ccccc23)c(-c2ccc3c(c2)c2ccccc2n3-c2ccc3c(c2)oc2ccccc23)c1. The van der Waals surface area contributed by atoms with E-state index in [1.54, 1.807) is 0 Å². The van der Waals surface area contributed by atoms with Crippen molar-refractivity contribution in [3.63, 3.8) is 0 Å². The number of benzene rings is 9. The minimum Gasteiger partial charge on any atom is -0.456 e. The van der Waals surface area contributed by atoms with E-state index in [1.807, 2.05) is 12.1 Å². The van der Waals surface area contributed by atoms with Crippen LogP contribution in [0.25, 0.3) is 82.1 Å². The highest BCUT2D eigenvalue weighted by molar-refractivity contribution is 6.12. The lowest BCUT2D eigenvalue weighted by atomic mass is 9.98. The summed E-state index contributed by atoms with van der Waals surface area (Å²) < 4.78 is 8.70. The Morgan fingerprint density at radius 2 is 1.06 bits per heavy atom. The molecule has 0 saturated heterocycles. The van der Waals surface area contributed by atoms with Crippen molar-refractivity contribution in [1.29, 1.82) is 0 Å². The second-order valence-corrected chi connectivity index (χ2v) is 13.7. The van der Waals surface area contributed by atoms with Crippen molar-refractivity contribution < 1.29 is 4.42 Å². The highest BCUT2D eigenvalue weighted by Crippen LogP contribution is 2.45. The molecule has 0 fully saturated rings. The summed E-state index contributed by atoms with van der Waals surface area (Å²) in [6.07, 6.45) is 0. The first-order chi connectivity index (χ1) is 26.3. The number of rotatable bonds is 5.